The van der Waals surface area contributed by atoms with Crippen LogP contribution < -0.4 is 10.6 Å². The van der Waals surface area contributed by atoms with Gasteiger partial charge in [0.05, 0.1) is 0 Å². The van der Waals surface area contributed by atoms with Crippen molar-refractivity contribution in [2.75, 3.05) is 13.1 Å². The van der Waals surface area contributed by atoms with Crippen molar-refractivity contribution in [1.82, 2.24) is 10.6 Å². The van der Waals surface area contributed by atoms with Gasteiger partial charge in [-0.25, -0.2) is 4.39 Å². The van der Waals surface area contributed by atoms with Gasteiger partial charge in [-0.05, 0) is 49.9 Å². The molecule has 0 fully saturated rings. The van der Waals surface area contributed by atoms with Crippen LogP contribution in [-0.4, -0.2) is 25.1 Å². The van der Waals surface area contributed by atoms with Crippen LogP contribution in [0.15, 0.2) is 39.8 Å². The molecule has 22 heavy (non-hydrogen) atoms. The summed E-state index contributed by atoms with van der Waals surface area (Å²) in [4.78, 5) is 4.53. The molecule has 6 heteroatoms. The summed E-state index contributed by atoms with van der Waals surface area (Å²) in [5.74, 6) is 0.632. The number of guanidine groups is 1. The van der Waals surface area contributed by atoms with Gasteiger partial charge in [-0.1, -0.05) is 28.1 Å². The summed E-state index contributed by atoms with van der Waals surface area (Å²) in [6.07, 6.45) is 7.01. The molecule has 0 radical (unpaired) electrons. The molecule has 1 aromatic carbocycles. The van der Waals surface area contributed by atoms with E-state index < -0.39 is 0 Å². The van der Waals surface area contributed by atoms with Crippen LogP contribution in [0.2, 0.25) is 0 Å². The maximum absolute atomic E-state index is 13.7. The third-order valence-electron chi connectivity index (χ3n) is 3.35. The molecule has 0 aromatic heterocycles. The van der Waals surface area contributed by atoms with Crippen LogP contribution in [0.5, 0.6) is 0 Å². The van der Waals surface area contributed by atoms with Gasteiger partial charge in [-0.3, -0.25) is 4.99 Å². The van der Waals surface area contributed by atoms with E-state index in [0.29, 0.717) is 24.6 Å². The number of rotatable bonds is 5. The van der Waals surface area contributed by atoms with Crippen LogP contribution in [0.25, 0.3) is 0 Å². The molecule has 0 atom stereocenters. The van der Waals surface area contributed by atoms with Gasteiger partial charge in [0.25, 0.3) is 0 Å². The van der Waals surface area contributed by atoms with Gasteiger partial charge in [0.1, 0.15) is 5.82 Å². The monoisotopic (exact) mass is 481 g/mol. The third-order valence-corrected chi connectivity index (χ3v) is 3.85. The fraction of sp³-hybridized carbons (Fsp3) is 0.438. The summed E-state index contributed by atoms with van der Waals surface area (Å²) in [5.41, 5.74) is 0.687. The molecule has 1 aliphatic carbocycles. The molecule has 0 bridgehead atoms. The van der Waals surface area contributed by atoms with Crippen LogP contribution in [0.4, 0.5) is 4.39 Å². The molecule has 2 rings (SSSR count). The maximum Gasteiger partial charge on any atom is 0.191 e. The number of benzene rings is 1. The zero-order chi connectivity index (χ0) is 15.1. The first-order chi connectivity index (χ1) is 10.2. The average molecular weight is 482 g/mol. The van der Waals surface area contributed by atoms with Crippen molar-refractivity contribution in [3.63, 3.8) is 0 Å². The molecule has 2 N–H and O–H groups in total. The predicted octanol–water partition coefficient (Wildman–Crippen LogP) is 4.02. The Kier molecular flexibility index (Phi) is 9.00. The Labute approximate surface area is 157 Å². The summed E-state index contributed by atoms with van der Waals surface area (Å²) < 4.78 is 14.6. The molecule has 0 unspecified atom stereocenters. The van der Waals surface area contributed by atoms with E-state index in [0.717, 1.165) is 29.8 Å². The molecular weight excluding hydrogens is 460 g/mol. The average Bonchev–Trinajstić information content (AvgIpc) is 2.96. The Hall–Kier alpha value is -0.630. The number of hydrogen-bond donors (Lipinski definition) is 2. The Morgan fingerprint density at radius 1 is 1.36 bits per heavy atom. The van der Waals surface area contributed by atoms with E-state index in [1.165, 1.54) is 6.07 Å². The number of nitrogens with one attached hydrogen (secondary N) is 2. The van der Waals surface area contributed by atoms with E-state index in [-0.39, 0.29) is 29.8 Å². The molecular formula is C16H22BrFIN3. The van der Waals surface area contributed by atoms with Crippen molar-refractivity contribution >= 4 is 45.9 Å². The minimum Gasteiger partial charge on any atom is -0.357 e. The lowest BCUT2D eigenvalue weighted by Gasteiger charge is -2.16. The zero-order valence-electron chi connectivity index (χ0n) is 12.6. The fourth-order valence-corrected chi connectivity index (χ4v) is 2.68. The second-order valence-corrected chi connectivity index (χ2v) is 5.95. The van der Waals surface area contributed by atoms with Crippen molar-refractivity contribution in [2.45, 2.75) is 32.2 Å². The SMILES string of the molecule is CCNC(=NCCc1cc(Br)ccc1F)NC1CC=CC1.I. The van der Waals surface area contributed by atoms with Crippen molar-refractivity contribution < 1.29 is 4.39 Å². The smallest absolute Gasteiger partial charge is 0.191 e. The van der Waals surface area contributed by atoms with Crippen LogP contribution in [-0.2, 0) is 6.42 Å². The Morgan fingerprint density at radius 2 is 2.09 bits per heavy atom. The molecule has 0 spiro atoms. The second-order valence-electron chi connectivity index (χ2n) is 5.03. The summed E-state index contributed by atoms with van der Waals surface area (Å²) in [6.45, 7) is 3.41. The lowest BCUT2D eigenvalue weighted by atomic mass is 10.1. The van der Waals surface area contributed by atoms with Crippen LogP contribution in [0.3, 0.4) is 0 Å². The summed E-state index contributed by atoms with van der Waals surface area (Å²) >= 11 is 3.37. The standard InChI is InChI=1S/C16H21BrFN3.HI/c1-2-19-16(21-14-5-3-4-6-14)20-10-9-12-11-13(17)7-8-15(12)18;/h3-4,7-8,11,14H,2,5-6,9-10H2,1H3,(H2,19,20,21);1H. The molecule has 1 aromatic rings. The van der Waals surface area contributed by atoms with Gasteiger partial charge >= 0.3 is 0 Å². The first kappa shape index (κ1) is 19.4. The van der Waals surface area contributed by atoms with Crippen molar-refractivity contribution in [3.8, 4) is 0 Å². The summed E-state index contributed by atoms with van der Waals surface area (Å²) in [5, 5.41) is 6.63. The van der Waals surface area contributed by atoms with Crippen molar-refractivity contribution in [3.05, 3.63) is 46.2 Å². The lowest BCUT2D eigenvalue weighted by molar-refractivity contribution is 0.607. The normalized spacial score (nSPS) is 14.8. The van der Waals surface area contributed by atoms with Gasteiger partial charge < -0.3 is 10.6 Å². The van der Waals surface area contributed by atoms with Gasteiger partial charge in [0.15, 0.2) is 5.96 Å². The van der Waals surface area contributed by atoms with Gasteiger partial charge in [0, 0.05) is 23.6 Å². The van der Waals surface area contributed by atoms with E-state index in [1.807, 2.05) is 13.0 Å². The summed E-state index contributed by atoms with van der Waals surface area (Å²) in [6, 6.07) is 5.43. The highest BCUT2D eigenvalue weighted by atomic mass is 127. The summed E-state index contributed by atoms with van der Waals surface area (Å²) in [7, 11) is 0. The van der Waals surface area contributed by atoms with Gasteiger partial charge in [0.2, 0.25) is 0 Å². The van der Waals surface area contributed by atoms with Crippen LogP contribution in [0.1, 0.15) is 25.3 Å². The molecule has 0 saturated carbocycles. The third kappa shape index (κ3) is 6.24. The Balaban J connectivity index is 0.00000242. The molecule has 0 saturated heterocycles. The Bertz CT molecular complexity index is 526. The van der Waals surface area contributed by atoms with E-state index in [9.17, 15) is 4.39 Å². The van der Waals surface area contributed by atoms with E-state index in [4.69, 9.17) is 0 Å². The Morgan fingerprint density at radius 3 is 2.77 bits per heavy atom. The maximum atomic E-state index is 13.7. The van der Waals surface area contributed by atoms with Crippen LogP contribution >= 0.6 is 39.9 Å². The van der Waals surface area contributed by atoms with E-state index >= 15 is 0 Å². The van der Waals surface area contributed by atoms with E-state index in [2.05, 4.69) is 43.7 Å². The molecule has 0 aliphatic heterocycles. The fourth-order valence-electron chi connectivity index (χ4n) is 2.27. The lowest BCUT2D eigenvalue weighted by Crippen LogP contribution is -2.42. The van der Waals surface area contributed by atoms with Crippen molar-refractivity contribution in [1.29, 1.82) is 0 Å². The number of nitrogens with zero attached hydrogens (tertiary/aromatic N) is 1. The predicted molar refractivity (Wildman–Crippen MR) is 104 cm³/mol. The van der Waals surface area contributed by atoms with Gasteiger partial charge in [-0.15, -0.1) is 24.0 Å². The topological polar surface area (TPSA) is 36.4 Å². The quantitative estimate of drug-likeness (QED) is 0.288. The largest absolute Gasteiger partial charge is 0.357 e. The highest BCUT2D eigenvalue weighted by Crippen LogP contribution is 2.16. The molecule has 0 amide bonds. The molecule has 3 nitrogen and oxygen atoms in total. The zero-order valence-corrected chi connectivity index (χ0v) is 16.5. The first-order valence-corrected chi connectivity index (χ1v) is 8.12. The van der Waals surface area contributed by atoms with Crippen LogP contribution in [0, 0.1) is 5.82 Å². The molecule has 0 heterocycles. The molecule has 1 aliphatic rings. The minimum absolute atomic E-state index is 0. The van der Waals surface area contributed by atoms with Crippen molar-refractivity contribution in [2.24, 2.45) is 4.99 Å². The first-order valence-electron chi connectivity index (χ1n) is 7.33. The molecule has 122 valence electrons. The highest BCUT2D eigenvalue weighted by molar-refractivity contribution is 14.0. The van der Waals surface area contributed by atoms with E-state index in [1.54, 1.807) is 6.07 Å². The highest BCUT2D eigenvalue weighted by Gasteiger charge is 2.11. The number of hydrogen-bond acceptors (Lipinski definition) is 1. The minimum atomic E-state index is -0.175. The van der Waals surface area contributed by atoms with Gasteiger partial charge in [-0.2, -0.15) is 0 Å². The number of aliphatic imine (C=N–C) groups is 1. The second kappa shape index (κ2) is 10.2. The number of halogens is 3.